The van der Waals surface area contributed by atoms with Crippen LogP contribution in [-0.2, 0) is 14.8 Å². The molecular formula is C15H20N4O3S. The highest BCUT2D eigenvalue weighted by molar-refractivity contribution is 7.89. The van der Waals surface area contributed by atoms with E-state index in [1.165, 1.54) is 4.31 Å². The lowest BCUT2D eigenvalue weighted by atomic mass is 10.1. The number of amides is 1. The third kappa shape index (κ3) is 4.51. The second-order valence-corrected chi connectivity index (χ2v) is 7.49. The van der Waals surface area contributed by atoms with Gasteiger partial charge in [-0.2, -0.15) is 9.57 Å². The highest BCUT2D eigenvalue weighted by Crippen LogP contribution is 2.16. The summed E-state index contributed by atoms with van der Waals surface area (Å²) in [5, 5.41) is 14.7. The zero-order valence-corrected chi connectivity index (χ0v) is 13.8. The fourth-order valence-electron chi connectivity index (χ4n) is 2.37. The number of para-hydroxylation sites is 1. The quantitative estimate of drug-likeness (QED) is 0.809. The standard InChI is InChI=1S/C15H20N4O3S/c1-12(11-23(21,22)19-8-6-17-7-9-19)15(20)18-14-5-3-2-4-13(14)10-16/h2-5,12,17H,6-9,11H2,1H3,(H,18,20). The van der Waals surface area contributed by atoms with E-state index >= 15 is 0 Å². The molecule has 1 saturated heterocycles. The Morgan fingerprint density at radius 2 is 2.04 bits per heavy atom. The minimum Gasteiger partial charge on any atom is -0.325 e. The highest BCUT2D eigenvalue weighted by Gasteiger charge is 2.28. The molecule has 1 aliphatic rings. The lowest BCUT2D eigenvalue weighted by Gasteiger charge is -2.27. The average Bonchev–Trinajstić information content (AvgIpc) is 2.55. The van der Waals surface area contributed by atoms with Crippen LogP contribution in [0.15, 0.2) is 24.3 Å². The summed E-state index contributed by atoms with van der Waals surface area (Å²) in [6, 6.07) is 8.61. The van der Waals surface area contributed by atoms with Crippen molar-refractivity contribution in [3.05, 3.63) is 29.8 Å². The van der Waals surface area contributed by atoms with E-state index in [-0.39, 0.29) is 5.75 Å². The van der Waals surface area contributed by atoms with Crippen molar-refractivity contribution in [3.63, 3.8) is 0 Å². The molecule has 7 nitrogen and oxygen atoms in total. The Bertz CT molecular complexity index is 706. The van der Waals surface area contributed by atoms with Crippen molar-refractivity contribution in [1.82, 2.24) is 9.62 Å². The van der Waals surface area contributed by atoms with Crippen LogP contribution >= 0.6 is 0 Å². The molecular weight excluding hydrogens is 316 g/mol. The molecule has 2 N–H and O–H groups in total. The first-order chi connectivity index (χ1) is 10.9. The molecule has 23 heavy (non-hydrogen) atoms. The summed E-state index contributed by atoms with van der Waals surface area (Å²) in [6.45, 7) is 3.66. The second kappa shape index (κ2) is 7.55. The Morgan fingerprint density at radius 1 is 1.39 bits per heavy atom. The summed E-state index contributed by atoms with van der Waals surface area (Å²) in [5.41, 5.74) is 0.740. The van der Waals surface area contributed by atoms with Gasteiger partial charge >= 0.3 is 0 Å². The summed E-state index contributed by atoms with van der Waals surface area (Å²) in [7, 11) is -3.47. The van der Waals surface area contributed by atoms with Crippen molar-refractivity contribution in [2.24, 2.45) is 5.92 Å². The van der Waals surface area contributed by atoms with E-state index in [0.717, 1.165) is 0 Å². The van der Waals surface area contributed by atoms with Crippen molar-refractivity contribution < 1.29 is 13.2 Å². The van der Waals surface area contributed by atoms with E-state index in [0.29, 0.717) is 37.4 Å². The number of nitrogens with zero attached hydrogens (tertiary/aromatic N) is 2. The van der Waals surface area contributed by atoms with E-state index in [1.807, 2.05) is 6.07 Å². The average molecular weight is 336 g/mol. The lowest BCUT2D eigenvalue weighted by Crippen LogP contribution is -2.48. The first-order valence-electron chi connectivity index (χ1n) is 7.42. The minimum absolute atomic E-state index is 0.243. The minimum atomic E-state index is -3.47. The maximum atomic E-state index is 12.3. The molecule has 0 spiro atoms. The van der Waals surface area contributed by atoms with Gasteiger partial charge in [-0.05, 0) is 12.1 Å². The Morgan fingerprint density at radius 3 is 2.70 bits per heavy atom. The maximum absolute atomic E-state index is 12.3. The molecule has 1 aromatic carbocycles. The smallest absolute Gasteiger partial charge is 0.228 e. The Kier molecular flexibility index (Phi) is 5.71. The molecule has 1 amide bonds. The molecule has 0 aromatic heterocycles. The van der Waals surface area contributed by atoms with E-state index in [9.17, 15) is 13.2 Å². The van der Waals surface area contributed by atoms with Crippen molar-refractivity contribution in [2.75, 3.05) is 37.2 Å². The topological polar surface area (TPSA) is 102 Å². The number of anilines is 1. The van der Waals surface area contributed by atoms with Gasteiger partial charge in [0.15, 0.2) is 0 Å². The van der Waals surface area contributed by atoms with Crippen LogP contribution in [0.5, 0.6) is 0 Å². The molecule has 1 fully saturated rings. The highest BCUT2D eigenvalue weighted by atomic mass is 32.2. The molecule has 2 rings (SSSR count). The monoisotopic (exact) mass is 336 g/mol. The van der Waals surface area contributed by atoms with Gasteiger partial charge in [-0.1, -0.05) is 19.1 Å². The van der Waals surface area contributed by atoms with Gasteiger partial charge in [-0.25, -0.2) is 8.42 Å². The number of carbonyl (C=O) groups is 1. The zero-order chi connectivity index (χ0) is 16.9. The van der Waals surface area contributed by atoms with Gasteiger partial charge in [0.2, 0.25) is 15.9 Å². The summed E-state index contributed by atoms with van der Waals surface area (Å²) < 4.78 is 26.1. The van der Waals surface area contributed by atoms with Crippen LogP contribution in [-0.4, -0.2) is 50.6 Å². The fourth-order valence-corrected chi connectivity index (χ4v) is 4.10. The maximum Gasteiger partial charge on any atom is 0.228 e. The zero-order valence-electron chi connectivity index (χ0n) is 12.9. The van der Waals surface area contributed by atoms with Crippen LogP contribution in [0.3, 0.4) is 0 Å². The van der Waals surface area contributed by atoms with Gasteiger partial charge in [0.1, 0.15) is 6.07 Å². The lowest BCUT2D eigenvalue weighted by molar-refractivity contribution is -0.118. The molecule has 8 heteroatoms. The van der Waals surface area contributed by atoms with Crippen molar-refractivity contribution >= 4 is 21.6 Å². The second-order valence-electron chi connectivity index (χ2n) is 5.48. The van der Waals surface area contributed by atoms with Gasteiger partial charge in [0.25, 0.3) is 0 Å². The first kappa shape index (κ1) is 17.4. The van der Waals surface area contributed by atoms with Crippen LogP contribution in [0.1, 0.15) is 12.5 Å². The van der Waals surface area contributed by atoms with Crippen LogP contribution in [0.2, 0.25) is 0 Å². The predicted molar refractivity (Wildman–Crippen MR) is 87.2 cm³/mol. The van der Waals surface area contributed by atoms with Crippen LogP contribution in [0.25, 0.3) is 0 Å². The van der Waals surface area contributed by atoms with Gasteiger partial charge in [0, 0.05) is 26.2 Å². The van der Waals surface area contributed by atoms with E-state index in [1.54, 1.807) is 31.2 Å². The van der Waals surface area contributed by atoms with Crippen LogP contribution in [0.4, 0.5) is 5.69 Å². The number of hydrogen-bond donors (Lipinski definition) is 2. The van der Waals surface area contributed by atoms with Crippen molar-refractivity contribution in [1.29, 1.82) is 5.26 Å². The molecule has 124 valence electrons. The van der Waals surface area contributed by atoms with E-state index in [4.69, 9.17) is 5.26 Å². The van der Waals surface area contributed by atoms with Gasteiger partial charge in [-0.15, -0.1) is 0 Å². The van der Waals surface area contributed by atoms with Gasteiger partial charge in [-0.3, -0.25) is 4.79 Å². The largest absolute Gasteiger partial charge is 0.325 e. The summed E-state index contributed by atoms with van der Waals surface area (Å²) in [6.07, 6.45) is 0. The Labute approximate surface area is 136 Å². The number of nitrogens with one attached hydrogen (secondary N) is 2. The number of benzene rings is 1. The fraction of sp³-hybridized carbons (Fsp3) is 0.467. The predicted octanol–water partition coefficient (Wildman–Crippen LogP) is 0.368. The summed E-state index contributed by atoms with van der Waals surface area (Å²) in [4.78, 5) is 12.2. The van der Waals surface area contributed by atoms with E-state index in [2.05, 4.69) is 10.6 Å². The Balaban J connectivity index is 2.01. The molecule has 1 aliphatic heterocycles. The number of nitriles is 1. The molecule has 1 aromatic rings. The van der Waals surface area contributed by atoms with Gasteiger partial charge in [0.05, 0.1) is 22.9 Å². The van der Waals surface area contributed by atoms with Crippen molar-refractivity contribution in [3.8, 4) is 6.07 Å². The molecule has 1 heterocycles. The third-order valence-electron chi connectivity index (χ3n) is 3.68. The molecule has 0 saturated carbocycles. The molecule has 0 aliphatic carbocycles. The number of hydrogen-bond acceptors (Lipinski definition) is 5. The molecule has 0 bridgehead atoms. The Hall–Kier alpha value is -1.95. The number of sulfonamides is 1. The number of piperazine rings is 1. The van der Waals surface area contributed by atoms with Crippen molar-refractivity contribution in [2.45, 2.75) is 6.92 Å². The molecule has 1 unspecified atom stereocenters. The SMILES string of the molecule is CC(CS(=O)(=O)N1CCNCC1)C(=O)Nc1ccccc1C#N. The number of rotatable bonds is 5. The summed E-state index contributed by atoms with van der Waals surface area (Å²) >= 11 is 0. The summed E-state index contributed by atoms with van der Waals surface area (Å²) in [5.74, 6) is -1.36. The first-order valence-corrected chi connectivity index (χ1v) is 9.03. The van der Waals surface area contributed by atoms with Gasteiger partial charge < -0.3 is 10.6 Å². The molecule has 1 atom stereocenters. The van der Waals surface area contributed by atoms with Crippen LogP contribution < -0.4 is 10.6 Å². The van der Waals surface area contributed by atoms with Crippen LogP contribution in [0, 0.1) is 17.2 Å². The third-order valence-corrected chi connectivity index (χ3v) is 5.76. The molecule has 0 radical (unpaired) electrons. The normalized spacial score (nSPS) is 17.2. The number of carbonyl (C=O) groups excluding carboxylic acids is 1. The van der Waals surface area contributed by atoms with E-state index < -0.39 is 21.8 Å².